The van der Waals surface area contributed by atoms with E-state index in [1.54, 1.807) is 13.0 Å². The van der Waals surface area contributed by atoms with Crippen LogP contribution in [0, 0.1) is 13.0 Å². The maximum absolute atomic E-state index is 8.93. The molecule has 0 atom stereocenters. The number of phenols is 1. The molecule has 9 heavy (non-hydrogen) atoms. The van der Waals surface area contributed by atoms with Crippen LogP contribution in [0.25, 0.3) is 0 Å². The summed E-state index contributed by atoms with van der Waals surface area (Å²) in [4.78, 5) is 0. The van der Waals surface area contributed by atoms with Gasteiger partial charge in [-0.1, -0.05) is 11.6 Å². The van der Waals surface area contributed by atoms with Gasteiger partial charge in [0.25, 0.3) is 0 Å². The molecule has 1 nitrogen and oxygen atoms in total. The lowest BCUT2D eigenvalue weighted by molar-refractivity contribution is 0.470. The highest BCUT2D eigenvalue weighted by Gasteiger charge is 1.93. The minimum atomic E-state index is 0.166. The third kappa shape index (κ3) is 1.36. The molecule has 0 bridgehead atoms. The van der Waals surface area contributed by atoms with Crippen LogP contribution in [0.2, 0.25) is 5.02 Å². The molecule has 1 aromatic carbocycles. The molecule has 0 heterocycles. The van der Waals surface area contributed by atoms with Crippen molar-refractivity contribution in [3.63, 3.8) is 0 Å². The van der Waals surface area contributed by atoms with Gasteiger partial charge in [-0.25, -0.2) is 0 Å². The molecule has 0 aliphatic heterocycles. The Bertz CT molecular complexity index is 220. The van der Waals surface area contributed by atoms with Gasteiger partial charge in [-0.3, -0.25) is 0 Å². The van der Waals surface area contributed by atoms with Gasteiger partial charge in [0.05, 0.1) is 0 Å². The molecule has 0 aliphatic carbocycles. The van der Waals surface area contributed by atoms with Crippen LogP contribution in [0.5, 0.6) is 5.75 Å². The Morgan fingerprint density at radius 1 is 1.67 bits per heavy atom. The number of benzene rings is 1. The fourth-order valence-electron chi connectivity index (χ4n) is 0.568. The first-order valence-corrected chi connectivity index (χ1v) is 2.95. The molecule has 0 aromatic heterocycles. The molecule has 47 valence electrons. The van der Waals surface area contributed by atoms with Crippen LogP contribution in [0.15, 0.2) is 12.1 Å². The Morgan fingerprint density at radius 2 is 2.33 bits per heavy atom. The minimum absolute atomic E-state index is 0.166. The predicted molar refractivity (Wildman–Crippen MR) is 36.7 cm³/mol. The van der Waals surface area contributed by atoms with Crippen molar-refractivity contribution >= 4 is 11.6 Å². The smallest absolute Gasteiger partial charge is 0.126 e. The quantitative estimate of drug-likeness (QED) is 0.587. The summed E-state index contributed by atoms with van der Waals surface area (Å²) in [6.45, 7) is 1.78. The summed E-state index contributed by atoms with van der Waals surface area (Å²) in [5.74, 6) is 0.166. The van der Waals surface area contributed by atoms with Crippen molar-refractivity contribution in [3.05, 3.63) is 28.8 Å². The molecule has 1 aromatic rings. The van der Waals surface area contributed by atoms with Gasteiger partial charge >= 0.3 is 0 Å². The van der Waals surface area contributed by atoms with E-state index < -0.39 is 0 Å². The highest BCUT2D eigenvalue weighted by Crippen LogP contribution is 2.18. The van der Waals surface area contributed by atoms with Crippen LogP contribution in [-0.2, 0) is 0 Å². The highest BCUT2D eigenvalue weighted by molar-refractivity contribution is 6.30. The second kappa shape index (κ2) is 2.28. The van der Waals surface area contributed by atoms with Gasteiger partial charge in [0.15, 0.2) is 0 Å². The lowest BCUT2D eigenvalue weighted by atomic mass is 10.2. The minimum Gasteiger partial charge on any atom is -0.507 e. The average molecular weight is 142 g/mol. The molecule has 0 saturated carbocycles. The summed E-state index contributed by atoms with van der Waals surface area (Å²) in [6.07, 6.45) is 0. The number of aromatic hydroxyl groups is 1. The first-order chi connectivity index (χ1) is 4.20. The standard InChI is InChI=1S/C7H6ClO/c1-5-4-6(8)2-3-7(5)9/h2,4,9H,1H3. The van der Waals surface area contributed by atoms with E-state index in [4.69, 9.17) is 16.7 Å². The van der Waals surface area contributed by atoms with Crippen LogP contribution in [0.3, 0.4) is 0 Å². The Morgan fingerprint density at radius 3 is 2.78 bits per heavy atom. The van der Waals surface area contributed by atoms with Gasteiger partial charge in [-0.05, 0) is 24.6 Å². The van der Waals surface area contributed by atoms with Gasteiger partial charge < -0.3 is 5.11 Å². The molecule has 1 rings (SSSR count). The van der Waals surface area contributed by atoms with E-state index in [0.717, 1.165) is 5.56 Å². The van der Waals surface area contributed by atoms with Crippen molar-refractivity contribution in [1.29, 1.82) is 0 Å². The Labute approximate surface area is 58.9 Å². The summed E-state index contributed by atoms with van der Waals surface area (Å²) in [6, 6.07) is 5.81. The summed E-state index contributed by atoms with van der Waals surface area (Å²) in [5.41, 5.74) is 0.752. The number of hydrogen-bond donors (Lipinski definition) is 1. The lowest BCUT2D eigenvalue weighted by Crippen LogP contribution is -1.72. The fraction of sp³-hybridized carbons (Fsp3) is 0.143. The molecule has 0 aliphatic rings. The Kier molecular flexibility index (Phi) is 1.63. The third-order valence-electron chi connectivity index (χ3n) is 1.07. The predicted octanol–water partition coefficient (Wildman–Crippen LogP) is 2.15. The summed E-state index contributed by atoms with van der Waals surface area (Å²) in [7, 11) is 0. The van der Waals surface area contributed by atoms with Crippen LogP contribution in [0.1, 0.15) is 5.56 Å². The SMILES string of the molecule is Cc1cc(Cl)c[c]c1O. The zero-order chi connectivity index (χ0) is 6.85. The molecular formula is C7H6ClO. The first kappa shape index (κ1) is 6.43. The van der Waals surface area contributed by atoms with Crippen LogP contribution < -0.4 is 0 Å². The maximum atomic E-state index is 8.93. The number of rotatable bonds is 0. The second-order valence-electron chi connectivity index (χ2n) is 1.85. The first-order valence-electron chi connectivity index (χ1n) is 2.57. The summed E-state index contributed by atoms with van der Waals surface area (Å²) < 4.78 is 0. The topological polar surface area (TPSA) is 20.2 Å². The van der Waals surface area contributed by atoms with E-state index >= 15 is 0 Å². The van der Waals surface area contributed by atoms with Gasteiger partial charge in [0.2, 0.25) is 0 Å². The zero-order valence-corrected chi connectivity index (χ0v) is 5.74. The van der Waals surface area contributed by atoms with Crippen molar-refractivity contribution in [2.24, 2.45) is 0 Å². The molecule has 0 saturated heterocycles. The van der Waals surface area contributed by atoms with Gasteiger partial charge in [-0.15, -0.1) is 0 Å². The fourth-order valence-corrected chi connectivity index (χ4v) is 0.786. The molecule has 0 fully saturated rings. The van der Waals surface area contributed by atoms with Crippen molar-refractivity contribution in [2.45, 2.75) is 6.92 Å². The molecule has 1 N–H and O–H groups in total. The number of hydrogen-bond acceptors (Lipinski definition) is 1. The average Bonchev–Trinajstić information content (AvgIpc) is 1.80. The second-order valence-corrected chi connectivity index (χ2v) is 2.29. The molecule has 2 heteroatoms. The normalized spacial score (nSPS) is 9.56. The van der Waals surface area contributed by atoms with Crippen LogP contribution in [0.4, 0.5) is 0 Å². The van der Waals surface area contributed by atoms with Gasteiger partial charge in [-0.2, -0.15) is 0 Å². The van der Waals surface area contributed by atoms with Crippen molar-refractivity contribution < 1.29 is 5.11 Å². The Balaban J connectivity index is 3.17. The number of aryl methyl sites for hydroxylation is 1. The highest BCUT2D eigenvalue weighted by atomic mass is 35.5. The molecule has 0 spiro atoms. The van der Waals surface area contributed by atoms with E-state index in [1.165, 1.54) is 6.07 Å². The maximum Gasteiger partial charge on any atom is 0.126 e. The van der Waals surface area contributed by atoms with E-state index in [9.17, 15) is 0 Å². The molecule has 0 unspecified atom stereocenters. The van der Waals surface area contributed by atoms with E-state index in [-0.39, 0.29) is 5.75 Å². The van der Waals surface area contributed by atoms with E-state index in [0.29, 0.717) is 5.02 Å². The molecular weight excluding hydrogens is 136 g/mol. The monoisotopic (exact) mass is 141 g/mol. The zero-order valence-electron chi connectivity index (χ0n) is 4.98. The molecule has 1 radical (unpaired) electrons. The summed E-state index contributed by atoms with van der Waals surface area (Å²) in [5, 5.41) is 9.53. The van der Waals surface area contributed by atoms with Crippen molar-refractivity contribution in [3.8, 4) is 5.75 Å². The largest absolute Gasteiger partial charge is 0.507 e. The summed E-state index contributed by atoms with van der Waals surface area (Å²) >= 11 is 5.57. The number of phenolic OH excluding ortho intramolecular Hbond substituents is 1. The third-order valence-corrected chi connectivity index (χ3v) is 1.29. The van der Waals surface area contributed by atoms with E-state index in [1.807, 2.05) is 0 Å². The van der Waals surface area contributed by atoms with Crippen molar-refractivity contribution in [1.82, 2.24) is 0 Å². The molecule has 0 amide bonds. The van der Waals surface area contributed by atoms with Gasteiger partial charge in [0, 0.05) is 11.1 Å². The lowest BCUT2D eigenvalue weighted by Gasteiger charge is -1.95. The van der Waals surface area contributed by atoms with Crippen LogP contribution >= 0.6 is 11.6 Å². The van der Waals surface area contributed by atoms with Crippen molar-refractivity contribution in [2.75, 3.05) is 0 Å². The van der Waals surface area contributed by atoms with Gasteiger partial charge in [0.1, 0.15) is 5.75 Å². The number of halogens is 1. The van der Waals surface area contributed by atoms with Crippen LogP contribution in [-0.4, -0.2) is 5.11 Å². The Hall–Kier alpha value is -0.690. The van der Waals surface area contributed by atoms with E-state index in [2.05, 4.69) is 6.07 Å².